The van der Waals surface area contributed by atoms with Gasteiger partial charge in [-0.05, 0) is 60.5 Å². The Balaban J connectivity index is 1.63. The lowest BCUT2D eigenvalue weighted by molar-refractivity contribution is -0.121. The number of hydrogen-bond acceptors (Lipinski definition) is 7. The van der Waals surface area contributed by atoms with Gasteiger partial charge in [0.2, 0.25) is 15.9 Å². The number of rotatable bonds is 12. The quantitative estimate of drug-likeness (QED) is 0.402. The van der Waals surface area contributed by atoms with Gasteiger partial charge in [0.1, 0.15) is 11.5 Å². The second kappa shape index (κ2) is 11.6. The van der Waals surface area contributed by atoms with Gasteiger partial charge in [-0.3, -0.25) is 4.79 Å². The first-order chi connectivity index (χ1) is 16.4. The number of benzene rings is 2. The maximum Gasteiger partial charge on any atom is 0.241 e. The van der Waals surface area contributed by atoms with Crippen LogP contribution >= 0.6 is 0 Å². The van der Waals surface area contributed by atoms with Crippen LogP contribution in [-0.2, 0) is 21.2 Å². The predicted molar refractivity (Wildman–Crippen MR) is 126 cm³/mol. The summed E-state index contributed by atoms with van der Waals surface area (Å²) < 4.78 is 49.3. The molecule has 182 valence electrons. The standard InChI is InChI=1S/C24H28N2O7S/c1-30-18-7-9-19(10-8-18)34(28,29)26-20(21-5-4-14-33-21)16-24(27)25-13-12-17-6-11-22(31-2)23(15-17)32-3/h4-11,14-15,20,26H,12-13,16H2,1-3H3,(H,25,27)/t20-/m0/s1. The van der Waals surface area contributed by atoms with Gasteiger partial charge in [-0.25, -0.2) is 8.42 Å². The number of carbonyl (C=O) groups excluding carboxylic acids is 1. The molecule has 34 heavy (non-hydrogen) atoms. The highest BCUT2D eigenvalue weighted by molar-refractivity contribution is 7.89. The molecule has 1 atom stereocenters. The fourth-order valence-corrected chi connectivity index (χ4v) is 4.54. The summed E-state index contributed by atoms with van der Waals surface area (Å²) in [5.74, 6) is 1.79. The van der Waals surface area contributed by atoms with E-state index in [0.29, 0.717) is 36.0 Å². The topological polar surface area (TPSA) is 116 Å². The third-order valence-electron chi connectivity index (χ3n) is 5.13. The molecule has 1 amide bonds. The lowest BCUT2D eigenvalue weighted by Crippen LogP contribution is -2.34. The van der Waals surface area contributed by atoms with Crippen LogP contribution in [0.4, 0.5) is 0 Å². The number of hydrogen-bond donors (Lipinski definition) is 2. The number of amides is 1. The first kappa shape index (κ1) is 25.1. The van der Waals surface area contributed by atoms with Gasteiger partial charge < -0.3 is 23.9 Å². The minimum absolute atomic E-state index is 0.0544. The third kappa shape index (κ3) is 6.52. The molecule has 0 aliphatic heterocycles. The van der Waals surface area contributed by atoms with Crippen molar-refractivity contribution in [3.63, 3.8) is 0 Å². The van der Waals surface area contributed by atoms with Crippen molar-refractivity contribution in [3.8, 4) is 17.2 Å². The molecule has 0 fully saturated rings. The Hall–Kier alpha value is -3.50. The molecule has 9 nitrogen and oxygen atoms in total. The van der Waals surface area contributed by atoms with Crippen molar-refractivity contribution in [2.24, 2.45) is 0 Å². The SMILES string of the molecule is COc1ccc(S(=O)(=O)N[C@@H](CC(=O)NCCc2ccc(OC)c(OC)c2)c2ccco2)cc1. The van der Waals surface area contributed by atoms with E-state index in [1.54, 1.807) is 44.6 Å². The van der Waals surface area contributed by atoms with E-state index in [4.69, 9.17) is 18.6 Å². The van der Waals surface area contributed by atoms with Gasteiger partial charge in [0.25, 0.3) is 0 Å². The Kier molecular flexibility index (Phi) is 8.55. The minimum atomic E-state index is -3.91. The Morgan fingerprint density at radius 2 is 1.71 bits per heavy atom. The fourth-order valence-electron chi connectivity index (χ4n) is 3.34. The predicted octanol–water partition coefficient (Wildman–Crippen LogP) is 3.07. The monoisotopic (exact) mass is 488 g/mol. The first-order valence-corrected chi connectivity index (χ1v) is 12.0. The molecule has 3 aromatic rings. The second-order valence-electron chi connectivity index (χ2n) is 7.36. The molecular weight excluding hydrogens is 460 g/mol. The van der Waals surface area contributed by atoms with E-state index >= 15 is 0 Å². The van der Waals surface area contributed by atoms with Crippen LogP contribution in [0.15, 0.2) is 70.2 Å². The summed E-state index contributed by atoms with van der Waals surface area (Å²) in [5, 5.41) is 2.83. The Morgan fingerprint density at radius 3 is 2.32 bits per heavy atom. The first-order valence-electron chi connectivity index (χ1n) is 10.5. The molecule has 2 aromatic carbocycles. The molecule has 0 bridgehead atoms. The number of carbonyl (C=O) groups is 1. The largest absolute Gasteiger partial charge is 0.497 e. The maximum absolute atomic E-state index is 12.9. The summed E-state index contributed by atoms with van der Waals surface area (Å²) in [6.45, 7) is 0.365. The highest BCUT2D eigenvalue weighted by Gasteiger charge is 2.25. The van der Waals surface area contributed by atoms with Crippen molar-refractivity contribution in [1.82, 2.24) is 10.0 Å². The van der Waals surface area contributed by atoms with Gasteiger partial charge in [-0.1, -0.05) is 6.07 Å². The smallest absolute Gasteiger partial charge is 0.241 e. The van der Waals surface area contributed by atoms with E-state index in [0.717, 1.165) is 5.56 Å². The summed E-state index contributed by atoms with van der Waals surface area (Å²) in [6.07, 6.45) is 1.86. The fraction of sp³-hybridized carbons (Fsp3) is 0.292. The van der Waals surface area contributed by atoms with Gasteiger partial charge in [0.15, 0.2) is 11.5 Å². The molecular formula is C24H28N2O7S. The van der Waals surface area contributed by atoms with E-state index in [-0.39, 0.29) is 17.2 Å². The minimum Gasteiger partial charge on any atom is -0.497 e. The average molecular weight is 489 g/mol. The Bertz CT molecular complexity index is 1180. The second-order valence-corrected chi connectivity index (χ2v) is 9.07. The normalized spacial score (nSPS) is 12.1. The lowest BCUT2D eigenvalue weighted by Gasteiger charge is -2.17. The zero-order valence-electron chi connectivity index (χ0n) is 19.2. The van der Waals surface area contributed by atoms with Gasteiger partial charge >= 0.3 is 0 Å². The zero-order chi connectivity index (χ0) is 24.6. The molecule has 0 spiro atoms. The van der Waals surface area contributed by atoms with E-state index in [1.807, 2.05) is 12.1 Å². The third-order valence-corrected chi connectivity index (χ3v) is 6.61. The van der Waals surface area contributed by atoms with Crippen molar-refractivity contribution in [1.29, 1.82) is 0 Å². The van der Waals surface area contributed by atoms with E-state index in [9.17, 15) is 13.2 Å². The highest BCUT2D eigenvalue weighted by Crippen LogP contribution is 2.27. The summed E-state index contributed by atoms with van der Waals surface area (Å²) in [7, 11) is 0.719. The van der Waals surface area contributed by atoms with Crippen LogP contribution in [0.3, 0.4) is 0 Å². The lowest BCUT2D eigenvalue weighted by atomic mass is 10.1. The van der Waals surface area contributed by atoms with Crippen LogP contribution in [0.5, 0.6) is 17.2 Å². The Labute approximate surface area is 199 Å². The summed E-state index contributed by atoms with van der Waals surface area (Å²) in [6, 6.07) is 13.9. The van der Waals surface area contributed by atoms with Crippen LogP contribution in [0, 0.1) is 0 Å². The molecule has 0 saturated heterocycles. The summed E-state index contributed by atoms with van der Waals surface area (Å²) in [5.41, 5.74) is 0.959. The number of furan rings is 1. The molecule has 0 radical (unpaired) electrons. The van der Waals surface area contributed by atoms with Gasteiger partial charge in [-0.15, -0.1) is 0 Å². The van der Waals surface area contributed by atoms with Crippen molar-refractivity contribution < 1.29 is 31.8 Å². The van der Waals surface area contributed by atoms with Crippen molar-refractivity contribution in [3.05, 3.63) is 72.2 Å². The molecule has 10 heteroatoms. The van der Waals surface area contributed by atoms with Gasteiger partial charge in [0.05, 0.1) is 45.0 Å². The van der Waals surface area contributed by atoms with E-state index < -0.39 is 16.1 Å². The van der Waals surface area contributed by atoms with Crippen molar-refractivity contribution in [2.45, 2.75) is 23.8 Å². The Morgan fingerprint density at radius 1 is 0.971 bits per heavy atom. The average Bonchev–Trinajstić information content (AvgIpc) is 3.38. The highest BCUT2D eigenvalue weighted by atomic mass is 32.2. The number of nitrogens with one attached hydrogen (secondary N) is 2. The maximum atomic E-state index is 12.9. The summed E-state index contributed by atoms with van der Waals surface area (Å²) >= 11 is 0. The molecule has 0 saturated carbocycles. The number of methoxy groups -OCH3 is 3. The van der Waals surface area contributed by atoms with Gasteiger partial charge in [-0.2, -0.15) is 4.72 Å². The van der Waals surface area contributed by atoms with Crippen molar-refractivity contribution >= 4 is 15.9 Å². The van der Waals surface area contributed by atoms with Crippen LogP contribution in [0.2, 0.25) is 0 Å². The molecule has 3 rings (SSSR count). The van der Waals surface area contributed by atoms with Crippen LogP contribution in [0.1, 0.15) is 23.8 Å². The van der Waals surface area contributed by atoms with E-state index in [1.165, 1.54) is 25.5 Å². The number of ether oxygens (including phenoxy) is 3. The van der Waals surface area contributed by atoms with Crippen LogP contribution < -0.4 is 24.2 Å². The van der Waals surface area contributed by atoms with Crippen molar-refractivity contribution in [2.75, 3.05) is 27.9 Å². The van der Waals surface area contributed by atoms with E-state index in [2.05, 4.69) is 10.0 Å². The molecule has 0 aliphatic carbocycles. The molecule has 2 N–H and O–H groups in total. The molecule has 1 aromatic heterocycles. The summed E-state index contributed by atoms with van der Waals surface area (Å²) in [4.78, 5) is 12.7. The zero-order valence-corrected chi connectivity index (χ0v) is 20.1. The van der Waals surface area contributed by atoms with Crippen LogP contribution in [0.25, 0.3) is 0 Å². The molecule has 0 unspecified atom stereocenters. The molecule has 1 heterocycles. The van der Waals surface area contributed by atoms with Crippen LogP contribution in [-0.4, -0.2) is 42.2 Å². The molecule has 0 aliphatic rings. The number of sulfonamides is 1. The van der Waals surface area contributed by atoms with Gasteiger partial charge in [0, 0.05) is 6.54 Å².